The van der Waals surface area contributed by atoms with Crippen LogP contribution < -0.4 is 16.6 Å². The van der Waals surface area contributed by atoms with Crippen molar-refractivity contribution < 1.29 is 4.79 Å². The lowest BCUT2D eigenvalue weighted by molar-refractivity contribution is 0.0939. The molecular weight excluding hydrogens is 242 g/mol. The molecule has 1 atom stereocenters. The average Bonchev–Trinajstić information content (AvgIpc) is 2.48. The average molecular weight is 257 g/mol. The quantitative estimate of drug-likeness (QED) is 0.566. The molecule has 0 aliphatic heterocycles. The molecule has 1 amide bonds. The van der Waals surface area contributed by atoms with Crippen molar-refractivity contribution in [2.24, 2.45) is 5.84 Å². The van der Waals surface area contributed by atoms with Gasteiger partial charge in [0.05, 0.1) is 11.6 Å². The van der Waals surface area contributed by atoms with Crippen LogP contribution in [0.25, 0.3) is 0 Å². The van der Waals surface area contributed by atoms with E-state index >= 15 is 0 Å². The van der Waals surface area contributed by atoms with Crippen LogP contribution in [0.15, 0.2) is 42.9 Å². The second-order valence-electron chi connectivity index (χ2n) is 4.06. The Morgan fingerprint density at radius 2 is 2.16 bits per heavy atom. The highest BCUT2D eigenvalue weighted by atomic mass is 16.1. The molecule has 2 heterocycles. The molecule has 0 bridgehead atoms. The summed E-state index contributed by atoms with van der Waals surface area (Å²) in [7, 11) is 0. The van der Waals surface area contributed by atoms with Crippen molar-refractivity contribution >= 4 is 11.7 Å². The topological polar surface area (TPSA) is 92.9 Å². The van der Waals surface area contributed by atoms with E-state index in [9.17, 15) is 4.79 Å². The SMILES string of the molecule is CC(NC(=O)c1ccc(NN)nc1)c1cccnc1. The van der Waals surface area contributed by atoms with Gasteiger partial charge in [0, 0.05) is 18.6 Å². The standard InChI is InChI=1S/C13H15N5O/c1-9(10-3-2-6-15-7-10)17-13(19)11-4-5-12(18-14)16-8-11/h2-9H,14H2,1H3,(H,16,18)(H,17,19). The summed E-state index contributed by atoms with van der Waals surface area (Å²) in [6, 6.07) is 6.93. The van der Waals surface area contributed by atoms with Gasteiger partial charge in [-0.3, -0.25) is 9.78 Å². The minimum atomic E-state index is -0.188. The van der Waals surface area contributed by atoms with Gasteiger partial charge < -0.3 is 10.7 Å². The van der Waals surface area contributed by atoms with Crippen LogP contribution in [0.5, 0.6) is 0 Å². The number of nitrogen functional groups attached to an aromatic ring is 1. The Bertz CT molecular complexity index is 541. The zero-order valence-electron chi connectivity index (χ0n) is 10.5. The number of hydrazine groups is 1. The van der Waals surface area contributed by atoms with Gasteiger partial charge in [0.2, 0.25) is 0 Å². The van der Waals surface area contributed by atoms with Crippen LogP contribution in [0.2, 0.25) is 0 Å². The van der Waals surface area contributed by atoms with Gasteiger partial charge in [0.25, 0.3) is 5.91 Å². The molecule has 0 aromatic carbocycles. The highest BCUT2D eigenvalue weighted by Gasteiger charge is 2.11. The number of amides is 1. The summed E-state index contributed by atoms with van der Waals surface area (Å²) < 4.78 is 0. The molecule has 0 spiro atoms. The maximum atomic E-state index is 12.0. The number of rotatable bonds is 4. The Balaban J connectivity index is 2.04. The fraction of sp³-hybridized carbons (Fsp3) is 0.154. The van der Waals surface area contributed by atoms with Gasteiger partial charge in [0.1, 0.15) is 5.82 Å². The molecule has 6 nitrogen and oxygen atoms in total. The van der Waals surface area contributed by atoms with Crippen molar-refractivity contribution in [3.63, 3.8) is 0 Å². The van der Waals surface area contributed by atoms with E-state index in [1.807, 2.05) is 19.1 Å². The van der Waals surface area contributed by atoms with Gasteiger partial charge in [0.15, 0.2) is 0 Å². The molecule has 98 valence electrons. The molecular formula is C13H15N5O. The van der Waals surface area contributed by atoms with Gasteiger partial charge in [-0.15, -0.1) is 0 Å². The van der Waals surface area contributed by atoms with Crippen molar-refractivity contribution in [1.29, 1.82) is 0 Å². The minimum absolute atomic E-state index is 0.117. The van der Waals surface area contributed by atoms with Crippen LogP contribution >= 0.6 is 0 Å². The number of carbonyl (C=O) groups is 1. The zero-order chi connectivity index (χ0) is 13.7. The Morgan fingerprint density at radius 3 is 2.74 bits per heavy atom. The van der Waals surface area contributed by atoms with E-state index in [0.29, 0.717) is 11.4 Å². The van der Waals surface area contributed by atoms with Crippen LogP contribution in [0, 0.1) is 0 Å². The van der Waals surface area contributed by atoms with Crippen molar-refractivity contribution in [1.82, 2.24) is 15.3 Å². The van der Waals surface area contributed by atoms with E-state index in [0.717, 1.165) is 5.56 Å². The van der Waals surface area contributed by atoms with Gasteiger partial charge in [-0.25, -0.2) is 10.8 Å². The number of nitrogens with two attached hydrogens (primary N) is 1. The summed E-state index contributed by atoms with van der Waals surface area (Å²) in [6.45, 7) is 1.90. The summed E-state index contributed by atoms with van der Waals surface area (Å²) in [4.78, 5) is 20.0. The van der Waals surface area contributed by atoms with Crippen LogP contribution in [0.4, 0.5) is 5.82 Å². The lowest BCUT2D eigenvalue weighted by atomic mass is 10.1. The number of aromatic nitrogens is 2. The van der Waals surface area contributed by atoms with Crippen molar-refractivity contribution in [3.8, 4) is 0 Å². The number of hydrogen-bond acceptors (Lipinski definition) is 5. The Kier molecular flexibility index (Phi) is 4.04. The Morgan fingerprint density at radius 1 is 1.32 bits per heavy atom. The fourth-order valence-electron chi connectivity index (χ4n) is 1.61. The predicted octanol–water partition coefficient (Wildman–Crippen LogP) is 1.25. The molecule has 0 saturated heterocycles. The summed E-state index contributed by atoms with van der Waals surface area (Å²) in [5.41, 5.74) is 3.84. The van der Waals surface area contributed by atoms with Gasteiger partial charge >= 0.3 is 0 Å². The van der Waals surface area contributed by atoms with Gasteiger partial charge in [-0.2, -0.15) is 0 Å². The molecule has 2 rings (SSSR count). The van der Waals surface area contributed by atoms with Crippen LogP contribution in [-0.2, 0) is 0 Å². The van der Waals surface area contributed by atoms with Crippen molar-refractivity contribution in [2.75, 3.05) is 5.43 Å². The third-order valence-corrected chi connectivity index (χ3v) is 2.71. The van der Waals surface area contributed by atoms with Crippen molar-refractivity contribution in [3.05, 3.63) is 54.0 Å². The molecule has 0 fully saturated rings. The maximum absolute atomic E-state index is 12.0. The van der Waals surface area contributed by atoms with Crippen LogP contribution in [-0.4, -0.2) is 15.9 Å². The van der Waals surface area contributed by atoms with E-state index in [-0.39, 0.29) is 11.9 Å². The first kappa shape index (κ1) is 13.0. The molecule has 0 saturated carbocycles. The lowest BCUT2D eigenvalue weighted by Crippen LogP contribution is -2.26. The number of hydrogen-bond donors (Lipinski definition) is 3. The first-order valence-electron chi connectivity index (χ1n) is 5.84. The number of nitrogens with one attached hydrogen (secondary N) is 2. The summed E-state index contributed by atoms with van der Waals surface area (Å²) in [5, 5.41) is 2.88. The van der Waals surface area contributed by atoms with E-state index in [1.165, 1.54) is 6.20 Å². The summed E-state index contributed by atoms with van der Waals surface area (Å²) in [5.74, 6) is 5.54. The number of anilines is 1. The molecule has 2 aromatic rings. The van der Waals surface area contributed by atoms with E-state index in [2.05, 4.69) is 20.7 Å². The Labute approximate surface area is 111 Å². The second kappa shape index (κ2) is 5.92. The molecule has 4 N–H and O–H groups in total. The third kappa shape index (κ3) is 3.26. The molecule has 19 heavy (non-hydrogen) atoms. The van der Waals surface area contributed by atoms with E-state index in [1.54, 1.807) is 24.5 Å². The van der Waals surface area contributed by atoms with E-state index < -0.39 is 0 Å². The van der Waals surface area contributed by atoms with Crippen LogP contribution in [0.3, 0.4) is 0 Å². The monoisotopic (exact) mass is 257 g/mol. The molecule has 6 heteroatoms. The molecule has 1 unspecified atom stereocenters. The summed E-state index contributed by atoms with van der Waals surface area (Å²) >= 11 is 0. The molecule has 0 aliphatic carbocycles. The molecule has 2 aromatic heterocycles. The minimum Gasteiger partial charge on any atom is -0.345 e. The van der Waals surface area contributed by atoms with Gasteiger partial charge in [-0.05, 0) is 30.7 Å². The number of nitrogens with zero attached hydrogens (tertiary/aromatic N) is 2. The lowest BCUT2D eigenvalue weighted by Gasteiger charge is -2.13. The maximum Gasteiger partial charge on any atom is 0.253 e. The Hall–Kier alpha value is -2.47. The second-order valence-corrected chi connectivity index (χ2v) is 4.06. The van der Waals surface area contributed by atoms with E-state index in [4.69, 9.17) is 5.84 Å². The smallest absolute Gasteiger partial charge is 0.253 e. The highest BCUT2D eigenvalue weighted by Crippen LogP contribution is 2.11. The van der Waals surface area contributed by atoms with Gasteiger partial charge in [-0.1, -0.05) is 6.07 Å². The first-order valence-corrected chi connectivity index (χ1v) is 5.84. The zero-order valence-corrected chi connectivity index (χ0v) is 10.5. The molecule has 0 aliphatic rings. The highest BCUT2D eigenvalue weighted by molar-refractivity contribution is 5.94. The van der Waals surface area contributed by atoms with Crippen molar-refractivity contribution in [2.45, 2.75) is 13.0 Å². The number of carbonyl (C=O) groups excluding carboxylic acids is 1. The molecule has 0 radical (unpaired) electrons. The first-order chi connectivity index (χ1) is 9.20. The summed E-state index contributed by atoms with van der Waals surface area (Å²) in [6.07, 6.45) is 4.89. The fourth-order valence-corrected chi connectivity index (χ4v) is 1.61. The normalized spacial score (nSPS) is 11.7. The number of pyridine rings is 2. The third-order valence-electron chi connectivity index (χ3n) is 2.71. The largest absolute Gasteiger partial charge is 0.345 e. The van der Waals surface area contributed by atoms with Crippen LogP contribution in [0.1, 0.15) is 28.9 Å². The predicted molar refractivity (Wildman–Crippen MR) is 72.2 cm³/mol.